The van der Waals surface area contributed by atoms with Crippen LogP contribution in [0.5, 0.6) is 0 Å². The van der Waals surface area contributed by atoms with Gasteiger partial charge in [0, 0.05) is 27.9 Å². The number of aliphatic hydroxyl groups excluding tert-OH is 1. The maximum absolute atomic E-state index is 13.1. The molecule has 5 heteroatoms. The predicted octanol–water partition coefficient (Wildman–Crippen LogP) is 4.96. The van der Waals surface area contributed by atoms with Gasteiger partial charge in [-0.3, -0.25) is 0 Å². The van der Waals surface area contributed by atoms with E-state index >= 15 is 0 Å². The van der Waals surface area contributed by atoms with Crippen LogP contribution < -0.4 is 0 Å². The van der Waals surface area contributed by atoms with E-state index in [1.165, 1.54) is 0 Å². The molecule has 0 aliphatic heterocycles. The van der Waals surface area contributed by atoms with Crippen molar-refractivity contribution in [3.8, 4) is 0 Å². The number of hydrogen-bond acceptors (Lipinski definition) is 1. The second kappa shape index (κ2) is 5.43. The first-order valence-electron chi connectivity index (χ1n) is 5.88. The summed E-state index contributed by atoms with van der Waals surface area (Å²) in [6.45, 7) is 0. The number of benzene rings is 1. The fourth-order valence-corrected chi connectivity index (χ4v) is 3.08. The molecule has 0 aromatic heterocycles. The molecule has 1 aromatic carbocycles. The van der Waals surface area contributed by atoms with Gasteiger partial charge in [0.25, 0.3) is 0 Å². The van der Waals surface area contributed by atoms with Crippen LogP contribution in [0.1, 0.15) is 37.4 Å². The minimum absolute atomic E-state index is 0.0728. The molecule has 1 nitrogen and oxygen atoms in total. The molecule has 0 amide bonds. The third-order valence-electron chi connectivity index (χ3n) is 3.38. The molecule has 1 N–H and O–H groups in total. The van der Waals surface area contributed by atoms with Gasteiger partial charge in [0.05, 0.1) is 6.10 Å². The van der Waals surface area contributed by atoms with Crippen LogP contribution in [0.3, 0.4) is 0 Å². The molecule has 100 valence electrons. The van der Waals surface area contributed by atoms with Crippen LogP contribution in [0.25, 0.3) is 0 Å². The summed E-state index contributed by atoms with van der Waals surface area (Å²) in [6.07, 6.45) is -0.179. The van der Waals surface area contributed by atoms with E-state index in [2.05, 4.69) is 15.9 Å². The number of rotatable bonds is 3. The first-order chi connectivity index (χ1) is 8.37. The fraction of sp³-hybridized carbons (Fsp3) is 0.538. The van der Waals surface area contributed by atoms with E-state index in [1.807, 2.05) is 0 Å². The highest BCUT2D eigenvalue weighted by molar-refractivity contribution is 9.10. The van der Waals surface area contributed by atoms with E-state index in [9.17, 15) is 13.9 Å². The molecule has 2 atom stereocenters. The summed E-state index contributed by atoms with van der Waals surface area (Å²) in [5.41, 5.74) is 0.598. The minimum atomic E-state index is -2.56. The van der Waals surface area contributed by atoms with Crippen LogP contribution in [0.15, 0.2) is 22.7 Å². The highest BCUT2D eigenvalue weighted by atomic mass is 79.9. The van der Waals surface area contributed by atoms with Gasteiger partial charge in [0.2, 0.25) is 5.92 Å². The van der Waals surface area contributed by atoms with Crippen molar-refractivity contribution in [1.29, 1.82) is 0 Å². The summed E-state index contributed by atoms with van der Waals surface area (Å²) in [5.74, 6) is -2.70. The van der Waals surface area contributed by atoms with E-state index in [-0.39, 0.29) is 18.8 Å². The smallest absolute Gasteiger partial charge is 0.248 e. The van der Waals surface area contributed by atoms with Crippen molar-refractivity contribution >= 4 is 27.5 Å². The zero-order valence-electron chi connectivity index (χ0n) is 9.67. The molecular formula is C13H14BrClF2O. The van der Waals surface area contributed by atoms with Crippen LogP contribution in [0.4, 0.5) is 8.78 Å². The van der Waals surface area contributed by atoms with Crippen LogP contribution in [-0.2, 0) is 0 Å². The Balaban J connectivity index is 2.04. The first-order valence-corrected chi connectivity index (χ1v) is 7.05. The summed E-state index contributed by atoms with van der Waals surface area (Å²) in [7, 11) is 0. The zero-order chi connectivity index (χ0) is 13.3. The van der Waals surface area contributed by atoms with Crippen LogP contribution >= 0.6 is 27.5 Å². The lowest BCUT2D eigenvalue weighted by atomic mass is 9.95. The highest BCUT2D eigenvalue weighted by Gasteiger charge is 2.40. The molecule has 1 fully saturated rings. The first kappa shape index (κ1) is 14.2. The van der Waals surface area contributed by atoms with Gasteiger partial charge in [-0.15, -0.1) is 0 Å². The van der Waals surface area contributed by atoms with Crippen LogP contribution in [0, 0.1) is 5.92 Å². The van der Waals surface area contributed by atoms with E-state index in [0.717, 1.165) is 4.47 Å². The van der Waals surface area contributed by atoms with Crippen LogP contribution in [0.2, 0.25) is 5.02 Å². The Hall–Kier alpha value is -0.190. The Morgan fingerprint density at radius 1 is 1.50 bits per heavy atom. The van der Waals surface area contributed by atoms with E-state index < -0.39 is 12.0 Å². The molecule has 0 spiro atoms. The van der Waals surface area contributed by atoms with E-state index in [0.29, 0.717) is 23.4 Å². The van der Waals surface area contributed by atoms with Crippen molar-refractivity contribution in [3.05, 3.63) is 33.3 Å². The Morgan fingerprint density at radius 2 is 2.22 bits per heavy atom. The lowest BCUT2D eigenvalue weighted by Crippen LogP contribution is -2.11. The maximum atomic E-state index is 13.1. The normalized spacial score (nSPS) is 24.2. The standard InChI is InChI=1S/C13H14BrClF2O/c14-9-1-2-11(15)10(6-9)12(18)5-8-3-4-13(16,17)7-8/h1-2,6,8,12,18H,3-5,7H2. The van der Waals surface area contributed by atoms with Crippen molar-refractivity contribution in [3.63, 3.8) is 0 Å². The van der Waals surface area contributed by atoms with Crippen molar-refractivity contribution < 1.29 is 13.9 Å². The molecule has 0 saturated heterocycles. The lowest BCUT2D eigenvalue weighted by Gasteiger charge is -2.17. The molecule has 1 saturated carbocycles. The van der Waals surface area contributed by atoms with Crippen molar-refractivity contribution in [2.24, 2.45) is 5.92 Å². The monoisotopic (exact) mass is 338 g/mol. The Bertz CT molecular complexity index is 439. The van der Waals surface area contributed by atoms with Gasteiger partial charge in [-0.25, -0.2) is 8.78 Å². The van der Waals surface area contributed by atoms with Crippen molar-refractivity contribution in [2.45, 2.75) is 37.7 Å². The molecule has 1 aliphatic carbocycles. The average Bonchev–Trinajstić information content (AvgIpc) is 2.61. The molecule has 2 unspecified atom stereocenters. The number of alkyl halides is 2. The number of halogens is 4. The average molecular weight is 340 g/mol. The quantitative estimate of drug-likeness (QED) is 0.825. The number of hydrogen-bond donors (Lipinski definition) is 1. The second-order valence-corrected chi connectivity index (χ2v) is 6.20. The van der Waals surface area contributed by atoms with Gasteiger partial charge in [-0.2, -0.15) is 0 Å². The molecule has 18 heavy (non-hydrogen) atoms. The zero-order valence-corrected chi connectivity index (χ0v) is 12.0. The Kier molecular flexibility index (Phi) is 4.29. The molecule has 1 aliphatic rings. The van der Waals surface area contributed by atoms with Gasteiger partial charge in [-0.1, -0.05) is 27.5 Å². The number of aliphatic hydroxyl groups is 1. The third-order valence-corrected chi connectivity index (χ3v) is 4.22. The molecule has 0 heterocycles. The van der Waals surface area contributed by atoms with Gasteiger partial charge in [0.1, 0.15) is 0 Å². The molecule has 0 radical (unpaired) electrons. The lowest BCUT2D eigenvalue weighted by molar-refractivity contribution is 0.00255. The largest absolute Gasteiger partial charge is 0.388 e. The maximum Gasteiger partial charge on any atom is 0.248 e. The summed E-state index contributed by atoms with van der Waals surface area (Å²) in [4.78, 5) is 0. The summed E-state index contributed by atoms with van der Waals surface area (Å²) < 4.78 is 27.0. The third kappa shape index (κ3) is 3.43. The van der Waals surface area contributed by atoms with E-state index in [1.54, 1.807) is 18.2 Å². The van der Waals surface area contributed by atoms with E-state index in [4.69, 9.17) is 11.6 Å². The summed E-state index contributed by atoms with van der Waals surface area (Å²) in [6, 6.07) is 5.20. The fourth-order valence-electron chi connectivity index (χ4n) is 2.46. The topological polar surface area (TPSA) is 20.2 Å². The highest BCUT2D eigenvalue weighted by Crippen LogP contribution is 2.43. The summed E-state index contributed by atoms with van der Waals surface area (Å²) in [5, 5.41) is 10.6. The van der Waals surface area contributed by atoms with Gasteiger partial charge < -0.3 is 5.11 Å². The molecule has 1 aromatic rings. The van der Waals surface area contributed by atoms with Crippen molar-refractivity contribution in [2.75, 3.05) is 0 Å². The van der Waals surface area contributed by atoms with Gasteiger partial charge >= 0.3 is 0 Å². The second-order valence-electron chi connectivity index (χ2n) is 4.88. The van der Waals surface area contributed by atoms with Gasteiger partial charge in [-0.05, 0) is 37.0 Å². The van der Waals surface area contributed by atoms with Crippen molar-refractivity contribution in [1.82, 2.24) is 0 Å². The van der Waals surface area contributed by atoms with Gasteiger partial charge in [0.15, 0.2) is 0 Å². The Morgan fingerprint density at radius 3 is 2.83 bits per heavy atom. The Labute approximate surface area is 118 Å². The predicted molar refractivity (Wildman–Crippen MR) is 71.0 cm³/mol. The molecule has 0 bridgehead atoms. The minimum Gasteiger partial charge on any atom is -0.388 e. The van der Waals surface area contributed by atoms with Crippen LogP contribution in [-0.4, -0.2) is 11.0 Å². The molecule has 2 rings (SSSR count). The summed E-state index contributed by atoms with van der Waals surface area (Å²) >= 11 is 9.31. The SMILES string of the molecule is OC(CC1CCC(F)(F)C1)c1cc(Br)ccc1Cl. The molecular weight excluding hydrogens is 325 g/mol.